The van der Waals surface area contributed by atoms with Gasteiger partial charge in [0.25, 0.3) is 0 Å². The third-order valence-electron chi connectivity index (χ3n) is 7.11. The first-order chi connectivity index (χ1) is 19.0. The van der Waals surface area contributed by atoms with Crippen LogP contribution in [0.3, 0.4) is 0 Å². The minimum Gasteiger partial charge on any atom is -0.481 e. The van der Waals surface area contributed by atoms with Gasteiger partial charge in [0.2, 0.25) is 5.88 Å². The Hall–Kier alpha value is -2.65. The number of ether oxygens (including phenoxy) is 1. The number of benzene rings is 2. The average molecular weight is 624 g/mol. The fraction of sp³-hybridized carbons (Fsp3) is 0.375. The number of methoxy groups -OCH3 is 1. The van der Waals surface area contributed by atoms with Gasteiger partial charge in [0, 0.05) is 42.0 Å². The lowest BCUT2D eigenvalue weighted by atomic mass is 9.71. The van der Waals surface area contributed by atoms with Gasteiger partial charge in [-0.2, -0.15) is 0 Å². The Morgan fingerprint density at radius 2 is 1.80 bits per heavy atom. The summed E-state index contributed by atoms with van der Waals surface area (Å²) in [6.07, 6.45) is 0.491. The third kappa shape index (κ3) is 6.62. The summed E-state index contributed by atoms with van der Waals surface area (Å²) < 4.78 is 6.90. The first kappa shape index (κ1) is 30.3. The molecule has 2 heterocycles. The van der Waals surface area contributed by atoms with Crippen LogP contribution in [0.2, 0.25) is 0 Å². The van der Waals surface area contributed by atoms with Crippen molar-refractivity contribution in [2.45, 2.75) is 36.8 Å². The highest BCUT2D eigenvalue weighted by molar-refractivity contribution is 9.10. The largest absolute Gasteiger partial charge is 0.481 e. The second-order valence-corrected chi connectivity index (χ2v) is 12.8. The minimum absolute atomic E-state index is 0.463. The normalized spacial score (nSPS) is 13.8. The SMILES string of the molecule is CCSc1cc([C@](O)(CCN(C)C)[C@H](c2cccc(C)c2)c2cc3cc(Br)ccc3nc2OC)cc(N(C)C)n1. The third-order valence-corrected chi connectivity index (χ3v) is 8.39. The van der Waals surface area contributed by atoms with E-state index in [-0.39, 0.29) is 0 Å². The van der Waals surface area contributed by atoms with Gasteiger partial charge < -0.3 is 19.6 Å². The van der Waals surface area contributed by atoms with E-state index in [1.54, 1.807) is 18.9 Å². The van der Waals surface area contributed by atoms with Gasteiger partial charge in [-0.15, -0.1) is 11.8 Å². The molecule has 2 aromatic carbocycles. The number of rotatable bonds is 11. The number of anilines is 1. The molecule has 0 radical (unpaired) electrons. The van der Waals surface area contributed by atoms with E-state index < -0.39 is 11.5 Å². The van der Waals surface area contributed by atoms with Crippen LogP contribution in [0.25, 0.3) is 10.9 Å². The molecule has 8 heteroatoms. The van der Waals surface area contributed by atoms with Gasteiger partial charge in [0.05, 0.1) is 17.7 Å². The second kappa shape index (κ2) is 12.9. The van der Waals surface area contributed by atoms with Crippen LogP contribution in [-0.4, -0.2) is 67.6 Å². The molecule has 0 amide bonds. The highest BCUT2D eigenvalue weighted by Gasteiger charge is 2.43. The standard InChI is InChI=1S/C32H39BrN4O2S/c1-8-40-29-20-24(19-28(35-29)37(5)6)32(38,14-15-36(3)4)30(22-11-9-10-21(2)16-22)26-18-23-17-25(33)12-13-27(23)34-31(26)39-7/h9-13,16-20,30,38H,8,14-15H2,1-7H3/t30-,32-/m1/s1. The number of hydrogen-bond acceptors (Lipinski definition) is 7. The predicted octanol–water partition coefficient (Wildman–Crippen LogP) is 6.86. The molecule has 2 atom stereocenters. The molecule has 40 heavy (non-hydrogen) atoms. The molecule has 0 spiro atoms. The first-order valence-electron chi connectivity index (χ1n) is 13.5. The van der Waals surface area contributed by atoms with E-state index >= 15 is 0 Å². The lowest BCUT2D eigenvalue weighted by Gasteiger charge is -2.39. The average Bonchev–Trinajstić information content (AvgIpc) is 2.91. The zero-order valence-corrected chi connectivity index (χ0v) is 26.8. The number of nitrogens with zero attached hydrogens (tertiary/aromatic N) is 4. The van der Waals surface area contributed by atoms with Gasteiger partial charge in [-0.3, -0.25) is 0 Å². The zero-order chi connectivity index (χ0) is 29.0. The van der Waals surface area contributed by atoms with Crippen LogP contribution in [0.4, 0.5) is 5.82 Å². The van der Waals surface area contributed by atoms with Crippen molar-refractivity contribution in [2.24, 2.45) is 0 Å². The molecule has 1 N–H and O–H groups in total. The monoisotopic (exact) mass is 622 g/mol. The van der Waals surface area contributed by atoms with Crippen molar-refractivity contribution in [3.05, 3.63) is 87.4 Å². The number of pyridine rings is 2. The van der Waals surface area contributed by atoms with Crippen molar-refractivity contribution in [1.82, 2.24) is 14.9 Å². The van der Waals surface area contributed by atoms with Crippen molar-refractivity contribution in [3.8, 4) is 5.88 Å². The van der Waals surface area contributed by atoms with Gasteiger partial charge >= 0.3 is 0 Å². The summed E-state index contributed by atoms with van der Waals surface area (Å²) in [5, 5.41) is 15.0. The summed E-state index contributed by atoms with van der Waals surface area (Å²) in [6.45, 7) is 4.88. The molecule has 4 rings (SSSR count). The van der Waals surface area contributed by atoms with Crippen molar-refractivity contribution < 1.29 is 9.84 Å². The van der Waals surface area contributed by atoms with E-state index in [1.165, 1.54) is 0 Å². The summed E-state index contributed by atoms with van der Waals surface area (Å²) in [5.74, 6) is 1.75. The zero-order valence-electron chi connectivity index (χ0n) is 24.4. The molecule has 0 fully saturated rings. The Morgan fingerprint density at radius 3 is 2.45 bits per heavy atom. The Morgan fingerprint density at radius 1 is 1.02 bits per heavy atom. The summed E-state index contributed by atoms with van der Waals surface area (Å²) in [6, 6.07) is 20.6. The van der Waals surface area contributed by atoms with Crippen LogP contribution < -0.4 is 9.64 Å². The molecule has 0 aliphatic carbocycles. The Labute approximate surface area is 250 Å². The lowest BCUT2D eigenvalue weighted by molar-refractivity contribution is 0.00354. The van der Waals surface area contributed by atoms with E-state index in [0.29, 0.717) is 18.8 Å². The van der Waals surface area contributed by atoms with E-state index in [9.17, 15) is 5.11 Å². The maximum atomic E-state index is 13.2. The Bertz CT molecular complexity index is 1480. The molecule has 4 aromatic rings. The van der Waals surface area contributed by atoms with E-state index in [4.69, 9.17) is 14.7 Å². The van der Waals surface area contributed by atoms with Crippen molar-refractivity contribution in [3.63, 3.8) is 0 Å². The van der Waals surface area contributed by atoms with Crippen molar-refractivity contribution >= 4 is 44.4 Å². The molecule has 0 bridgehead atoms. The van der Waals surface area contributed by atoms with Crippen LogP contribution in [0.5, 0.6) is 5.88 Å². The second-order valence-electron chi connectivity index (χ2n) is 10.6. The van der Waals surface area contributed by atoms with Gasteiger partial charge in [0.1, 0.15) is 11.4 Å². The highest BCUT2D eigenvalue weighted by atomic mass is 79.9. The number of aromatic nitrogens is 2. The maximum absolute atomic E-state index is 13.2. The van der Waals surface area contributed by atoms with E-state index in [1.807, 2.05) is 51.3 Å². The number of aryl methyl sites for hydroxylation is 1. The number of thioether (sulfide) groups is 1. The summed E-state index contributed by atoms with van der Waals surface area (Å²) in [5.41, 5.74) is 3.33. The van der Waals surface area contributed by atoms with Crippen molar-refractivity contribution in [1.29, 1.82) is 0 Å². The topological polar surface area (TPSA) is 61.7 Å². The van der Waals surface area contributed by atoms with Crippen LogP contribution in [-0.2, 0) is 5.60 Å². The molecule has 6 nitrogen and oxygen atoms in total. The molecule has 0 saturated carbocycles. The maximum Gasteiger partial charge on any atom is 0.217 e. The summed E-state index contributed by atoms with van der Waals surface area (Å²) >= 11 is 5.29. The fourth-order valence-corrected chi connectivity index (χ4v) is 6.16. The van der Waals surface area contributed by atoms with Crippen molar-refractivity contribution in [2.75, 3.05) is 52.5 Å². The number of hydrogen-bond donors (Lipinski definition) is 1. The fourth-order valence-electron chi connectivity index (χ4n) is 5.12. The van der Waals surface area contributed by atoms with Crippen LogP contribution >= 0.6 is 27.7 Å². The summed E-state index contributed by atoms with van der Waals surface area (Å²) in [7, 11) is 9.69. The Balaban J connectivity index is 2.08. The molecule has 0 unspecified atom stereocenters. The minimum atomic E-state index is -1.30. The lowest BCUT2D eigenvalue weighted by Crippen LogP contribution is -2.38. The quantitative estimate of drug-likeness (QED) is 0.183. The van der Waals surface area contributed by atoms with Gasteiger partial charge in [-0.05, 0) is 80.7 Å². The van der Waals surface area contributed by atoms with Crippen LogP contribution in [0.15, 0.2) is 70.2 Å². The van der Waals surface area contributed by atoms with Gasteiger partial charge in [0.15, 0.2) is 0 Å². The smallest absolute Gasteiger partial charge is 0.217 e. The van der Waals surface area contributed by atoms with Gasteiger partial charge in [-0.1, -0.05) is 52.7 Å². The molecule has 0 aliphatic rings. The van der Waals surface area contributed by atoms with Crippen LogP contribution in [0.1, 0.15) is 41.5 Å². The van der Waals surface area contributed by atoms with E-state index in [2.05, 4.69) is 77.1 Å². The number of fused-ring (bicyclic) bond motifs is 1. The molecule has 0 aliphatic heterocycles. The van der Waals surface area contributed by atoms with Gasteiger partial charge in [-0.25, -0.2) is 9.97 Å². The molecular formula is C32H39BrN4O2S. The van der Waals surface area contributed by atoms with Crippen LogP contribution in [0, 0.1) is 6.92 Å². The Kier molecular flexibility index (Phi) is 9.77. The predicted molar refractivity (Wildman–Crippen MR) is 171 cm³/mol. The highest BCUT2D eigenvalue weighted by Crippen LogP contribution is 2.48. The number of halogens is 1. The molecule has 2 aromatic heterocycles. The molecule has 212 valence electrons. The molecular weight excluding hydrogens is 584 g/mol. The van der Waals surface area contributed by atoms with E-state index in [0.717, 1.165) is 54.2 Å². The summed E-state index contributed by atoms with van der Waals surface area (Å²) in [4.78, 5) is 13.9. The number of aliphatic hydroxyl groups is 1. The molecule has 0 saturated heterocycles. The first-order valence-corrected chi connectivity index (χ1v) is 15.2.